The van der Waals surface area contributed by atoms with Crippen molar-refractivity contribution in [3.8, 4) is 0 Å². The summed E-state index contributed by atoms with van der Waals surface area (Å²) in [6.07, 6.45) is 1.45. The molecule has 0 spiro atoms. The molecule has 0 saturated heterocycles. The molecule has 0 radical (unpaired) electrons. The lowest BCUT2D eigenvalue weighted by atomic mass is 10.1. The second-order valence-corrected chi connectivity index (χ2v) is 8.39. The molecule has 0 unspecified atom stereocenters. The predicted octanol–water partition coefficient (Wildman–Crippen LogP) is 3.51. The van der Waals surface area contributed by atoms with E-state index >= 15 is 0 Å². The van der Waals surface area contributed by atoms with E-state index in [1.807, 2.05) is 37.3 Å². The van der Waals surface area contributed by atoms with Crippen LogP contribution in [0.5, 0.6) is 0 Å². The highest BCUT2D eigenvalue weighted by atomic mass is 35.5. The minimum Gasteiger partial charge on any atom is -0.350 e. The van der Waals surface area contributed by atoms with Gasteiger partial charge < -0.3 is 5.32 Å². The van der Waals surface area contributed by atoms with Crippen molar-refractivity contribution in [2.24, 2.45) is 0 Å². The van der Waals surface area contributed by atoms with Gasteiger partial charge in [0.1, 0.15) is 6.04 Å². The number of anilines is 1. The maximum atomic E-state index is 12.7. The van der Waals surface area contributed by atoms with Gasteiger partial charge in [-0.3, -0.25) is 9.10 Å². The van der Waals surface area contributed by atoms with Gasteiger partial charge in [-0.25, -0.2) is 8.42 Å². The number of nitrogens with one attached hydrogen (secondary N) is 1. The molecule has 0 saturated carbocycles. The largest absolute Gasteiger partial charge is 0.350 e. The van der Waals surface area contributed by atoms with E-state index in [2.05, 4.69) is 5.32 Å². The van der Waals surface area contributed by atoms with Crippen LogP contribution in [0, 0.1) is 6.92 Å². The molecule has 1 atom stereocenters. The van der Waals surface area contributed by atoms with Gasteiger partial charge >= 0.3 is 0 Å². The molecule has 0 aliphatic heterocycles. The third-order valence-electron chi connectivity index (χ3n) is 4.03. The summed E-state index contributed by atoms with van der Waals surface area (Å²) in [5.74, 6) is -0.363. The minimum atomic E-state index is -3.63. The summed E-state index contributed by atoms with van der Waals surface area (Å²) in [7, 11) is -3.63. The first-order valence-corrected chi connectivity index (χ1v) is 10.5. The van der Waals surface area contributed by atoms with Crippen LogP contribution in [-0.4, -0.2) is 26.6 Å². The number of carbonyl (C=O) groups excluding carboxylic acids is 1. The van der Waals surface area contributed by atoms with Crippen LogP contribution in [0.1, 0.15) is 24.5 Å². The van der Waals surface area contributed by atoms with Crippen LogP contribution in [0.25, 0.3) is 0 Å². The van der Waals surface area contributed by atoms with E-state index in [0.717, 1.165) is 17.4 Å². The summed E-state index contributed by atoms with van der Waals surface area (Å²) in [5.41, 5.74) is 2.26. The average molecular weight is 395 g/mol. The number of carbonyl (C=O) groups is 1. The number of aryl methyl sites for hydroxylation is 1. The summed E-state index contributed by atoms with van der Waals surface area (Å²) in [4.78, 5) is 12.7. The lowest BCUT2D eigenvalue weighted by Crippen LogP contribution is -2.49. The number of halogens is 1. The fraction of sp³-hybridized carbons (Fsp3) is 0.316. The van der Waals surface area contributed by atoms with Crippen molar-refractivity contribution in [2.45, 2.75) is 32.9 Å². The van der Waals surface area contributed by atoms with Gasteiger partial charge in [-0.15, -0.1) is 0 Å². The molecule has 0 fully saturated rings. The Balaban J connectivity index is 2.25. The number of nitrogens with zero attached hydrogens (tertiary/aromatic N) is 1. The number of amides is 1. The zero-order valence-corrected chi connectivity index (χ0v) is 16.6. The van der Waals surface area contributed by atoms with Crippen LogP contribution < -0.4 is 9.62 Å². The Morgan fingerprint density at radius 2 is 1.77 bits per heavy atom. The number of hydrogen-bond donors (Lipinski definition) is 1. The molecule has 140 valence electrons. The van der Waals surface area contributed by atoms with Crippen molar-refractivity contribution in [1.82, 2.24) is 5.32 Å². The molecule has 0 aliphatic carbocycles. The van der Waals surface area contributed by atoms with Crippen molar-refractivity contribution >= 4 is 33.2 Å². The summed E-state index contributed by atoms with van der Waals surface area (Å²) in [5, 5.41) is 3.35. The molecule has 2 aromatic rings. The molecule has 1 N–H and O–H groups in total. The first-order chi connectivity index (χ1) is 12.2. The lowest BCUT2D eigenvalue weighted by Gasteiger charge is -2.30. The normalized spacial score (nSPS) is 12.5. The average Bonchev–Trinajstić information content (AvgIpc) is 2.58. The molecular weight excluding hydrogens is 372 g/mol. The Morgan fingerprint density at radius 1 is 1.15 bits per heavy atom. The SMILES string of the molecule is CC[C@H](C(=O)NCc1ccccc1Cl)N(c1ccc(C)cc1)S(C)(=O)=O. The number of rotatable bonds is 7. The van der Waals surface area contributed by atoms with Gasteiger partial charge in [0.05, 0.1) is 11.9 Å². The molecule has 2 rings (SSSR count). The van der Waals surface area contributed by atoms with E-state index < -0.39 is 16.1 Å². The Bertz CT molecular complexity index is 867. The van der Waals surface area contributed by atoms with Crippen molar-refractivity contribution < 1.29 is 13.2 Å². The van der Waals surface area contributed by atoms with Crippen molar-refractivity contribution in [1.29, 1.82) is 0 Å². The van der Waals surface area contributed by atoms with Crippen molar-refractivity contribution in [2.75, 3.05) is 10.6 Å². The van der Waals surface area contributed by atoms with Crippen LogP contribution in [0.15, 0.2) is 48.5 Å². The smallest absolute Gasteiger partial charge is 0.244 e. The van der Waals surface area contributed by atoms with E-state index in [-0.39, 0.29) is 12.5 Å². The summed E-state index contributed by atoms with van der Waals surface area (Å²) < 4.78 is 25.9. The van der Waals surface area contributed by atoms with Crippen molar-refractivity contribution in [3.05, 3.63) is 64.7 Å². The van der Waals surface area contributed by atoms with E-state index in [1.54, 1.807) is 25.1 Å². The third kappa shape index (κ3) is 4.99. The standard InChI is InChI=1S/C19H23ClN2O3S/c1-4-18(19(23)21-13-15-7-5-6-8-17(15)20)22(26(3,24)25)16-11-9-14(2)10-12-16/h5-12,18H,4,13H2,1-3H3,(H,21,23)/t18-/m1/s1. The maximum Gasteiger partial charge on any atom is 0.244 e. The Labute approximate surface area is 160 Å². The highest BCUT2D eigenvalue weighted by Gasteiger charge is 2.31. The molecule has 1 amide bonds. The molecule has 7 heteroatoms. The molecule has 0 aliphatic rings. The maximum absolute atomic E-state index is 12.7. The highest BCUT2D eigenvalue weighted by molar-refractivity contribution is 7.92. The van der Waals surface area contributed by atoms with Crippen LogP contribution >= 0.6 is 11.6 Å². The third-order valence-corrected chi connectivity index (χ3v) is 5.58. The van der Waals surface area contributed by atoms with Gasteiger partial charge in [-0.2, -0.15) is 0 Å². The van der Waals surface area contributed by atoms with Gasteiger partial charge in [0.15, 0.2) is 0 Å². The molecule has 0 aromatic heterocycles. The summed E-state index contributed by atoms with van der Waals surface area (Å²) in [6.45, 7) is 3.94. The highest BCUT2D eigenvalue weighted by Crippen LogP contribution is 2.23. The first kappa shape index (κ1) is 20.3. The Morgan fingerprint density at radius 3 is 2.31 bits per heavy atom. The summed E-state index contributed by atoms with van der Waals surface area (Å²) >= 11 is 6.11. The molecular formula is C19H23ClN2O3S. The van der Waals surface area contributed by atoms with E-state index in [1.165, 1.54) is 4.31 Å². The van der Waals surface area contributed by atoms with Gasteiger partial charge in [-0.05, 0) is 37.1 Å². The van der Waals surface area contributed by atoms with Gasteiger partial charge in [0, 0.05) is 11.6 Å². The predicted molar refractivity (Wildman–Crippen MR) is 106 cm³/mol. The minimum absolute atomic E-state index is 0.237. The Hall–Kier alpha value is -2.05. The fourth-order valence-electron chi connectivity index (χ4n) is 2.69. The second kappa shape index (κ2) is 8.56. The lowest BCUT2D eigenvalue weighted by molar-refractivity contribution is -0.122. The monoisotopic (exact) mass is 394 g/mol. The van der Waals surface area contributed by atoms with Gasteiger partial charge in [0.25, 0.3) is 0 Å². The van der Waals surface area contributed by atoms with Gasteiger partial charge in [0.2, 0.25) is 15.9 Å². The zero-order valence-electron chi connectivity index (χ0n) is 15.1. The van der Waals surface area contributed by atoms with Crippen LogP contribution in [0.4, 0.5) is 5.69 Å². The zero-order chi connectivity index (χ0) is 19.3. The van der Waals surface area contributed by atoms with Crippen LogP contribution in [0.2, 0.25) is 5.02 Å². The van der Waals surface area contributed by atoms with E-state index in [4.69, 9.17) is 11.6 Å². The molecule has 0 heterocycles. The van der Waals surface area contributed by atoms with Crippen LogP contribution in [-0.2, 0) is 21.4 Å². The summed E-state index contributed by atoms with van der Waals surface area (Å²) in [6, 6.07) is 13.4. The number of sulfonamides is 1. The Kier molecular flexibility index (Phi) is 6.67. The van der Waals surface area contributed by atoms with Gasteiger partial charge in [-0.1, -0.05) is 54.4 Å². The fourth-order valence-corrected chi connectivity index (χ4v) is 4.11. The first-order valence-electron chi connectivity index (χ1n) is 8.31. The topological polar surface area (TPSA) is 66.5 Å². The van der Waals surface area contributed by atoms with Crippen molar-refractivity contribution in [3.63, 3.8) is 0 Å². The number of hydrogen-bond acceptors (Lipinski definition) is 3. The van der Waals surface area contributed by atoms with Crippen LogP contribution in [0.3, 0.4) is 0 Å². The molecule has 2 aromatic carbocycles. The van der Waals surface area contributed by atoms with E-state index in [9.17, 15) is 13.2 Å². The van der Waals surface area contributed by atoms with E-state index in [0.29, 0.717) is 17.1 Å². The molecule has 26 heavy (non-hydrogen) atoms. The number of benzene rings is 2. The molecule has 0 bridgehead atoms. The molecule has 5 nitrogen and oxygen atoms in total. The quantitative estimate of drug-likeness (QED) is 0.781. The second-order valence-electron chi connectivity index (χ2n) is 6.13.